The van der Waals surface area contributed by atoms with Gasteiger partial charge in [-0.15, -0.1) is 0 Å². The Morgan fingerprint density at radius 1 is 1.29 bits per heavy atom. The van der Waals surface area contributed by atoms with Gasteiger partial charge in [0.1, 0.15) is 6.54 Å². The molecule has 0 aromatic heterocycles. The van der Waals surface area contributed by atoms with Crippen LogP contribution < -0.4 is 5.32 Å². The minimum Gasteiger partial charge on any atom is -0.480 e. The Balaban J connectivity index is 2.30. The molecule has 14 heavy (non-hydrogen) atoms. The predicted molar refractivity (Wildman–Crippen MR) is 54.8 cm³/mol. The van der Waals surface area contributed by atoms with E-state index < -0.39 is 5.97 Å². The van der Waals surface area contributed by atoms with Crippen molar-refractivity contribution in [3.05, 3.63) is 12.4 Å². The minimum atomic E-state index is -0.846. The maximum absolute atomic E-state index is 10.3. The van der Waals surface area contributed by atoms with Crippen molar-refractivity contribution in [1.82, 2.24) is 10.2 Å². The van der Waals surface area contributed by atoms with Gasteiger partial charge in [-0.2, -0.15) is 0 Å². The third-order valence-electron chi connectivity index (χ3n) is 2.43. The third-order valence-corrected chi connectivity index (χ3v) is 2.43. The summed E-state index contributed by atoms with van der Waals surface area (Å²) in [6.45, 7) is 5.78. The van der Waals surface area contributed by atoms with Crippen molar-refractivity contribution >= 4 is 5.97 Å². The third kappa shape index (κ3) is 3.68. The molecule has 0 radical (unpaired) electrons. The van der Waals surface area contributed by atoms with Crippen LogP contribution in [0, 0.1) is 0 Å². The van der Waals surface area contributed by atoms with Crippen molar-refractivity contribution in [1.29, 1.82) is 0 Å². The molecule has 1 aliphatic heterocycles. The van der Waals surface area contributed by atoms with Crippen LogP contribution in [0.1, 0.15) is 25.7 Å². The number of carboxylic acid groups (broad SMARTS) is 1. The molecule has 0 aromatic carbocycles. The molecule has 0 saturated carbocycles. The Morgan fingerprint density at radius 3 is 2.36 bits per heavy atom. The molecule has 0 amide bonds. The molecule has 0 aromatic rings. The Bertz CT molecular complexity index is 208. The number of nitrogens with zero attached hydrogens (tertiary/aromatic N) is 1. The van der Waals surface area contributed by atoms with Crippen LogP contribution in [-0.2, 0) is 4.79 Å². The smallest absolute Gasteiger partial charge is 0.322 e. The number of rotatable bonds is 4. The highest BCUT2D eigenvalue weighted by molar-refractivity contribution is 5.69. The predicted octanol–water partition coefficient (Wildman–Crippen LogP) is 1.01. The van der Waals surface area contributed by atoms with E-state index in [0.29, 0.717) is 0 Å². The van der Waals surface area contributed by atoms with Crippen LogP contribution in [0.3, 0.4) is 0 Å². The Morgan fingerprint density at radius 2 is 1.86 bits per heavy atom. The molecule has 4 nitrogen and oxygen atoms in total. The summed E-state index contributed by atoms with van der Waals surface area (Å²) in [5.74, 6) is -0.102. The molecule has 0 spiro atoms. The Labute approximate surface area is 84.6 Å². The molecular weight excluding hydrogens is 180 g/mol. The summed E-state index contributed by atoms with van der Waals surface area (Å²) >= 11 is 0. The number of nitrogens with one attached hydrogen (secondary N) is 1. The van der Waals surface area contributed by atoms with Crippen molar-refractivity contribution < 1.29 is 9.90 Å². The van der Waals surface area contributed by atoms with Gasteiger partial charge < -0.3 is 15.3 Å². The Kier molecular flexibility index (Phi) is 4.29. The highest BCUT2D eigenvalue weighted by Gasteiger charge is 2.10. The lowest BCUT2D eigenvalue weighted by molar-refractivity contribution is -0.135. The normalized spacial score (nSPS) is 17.3. The van der Waals surface area contributed by atoms with E-state index in [1.54, 1.807) is 0 Å². The second kappa shape index (κ2) is 5.52. The van der Waals surface area contributed by atoms with Gasteiger partial charge in [0.05, 0.1) is 5.82 Å². The topological polar surface area (TPSA) is 52.6 Å². The molecule has 0 unspecified atom stereocenters. The van der Waals surface area contributed by atoms with Crippen molar-refractivity contribution in [2.45, 2.75) is 25.7 Å². The van der Waals surface area contributed by atoms with E-state index in [-0.39, 0.29) is 6.54 Å². The number of hydrogen-bond donors (Lipinski definition) is 2. The summed E-state index contributed by atoms with van der Waals surface area (Å²) in [5, 5.41) is 11.3. The standard InChI is InChI=1S/C10H18N2O2/c1-9(11-8-10(13)14)12-6-4-2-3-5-7-12/h11H,1-8H2,(H,13,14). The quantitative estimate of drug-likeness (QED) is 0.708. The molecule has 80 valence electrons. The van der Waals surface area contributed by atoms with Gasteiger partial charge in [0.25, 0.3) is 0 Å². The molecule has 0 atom stereocenters. The fourth-order valence-electron chi connectivity index (χ4n) is 1.63. The summed E-state index contributed by atoms with van der Waals surface area (Å²) in [4.78, 5) is 12.5. The van der Waals surface area contributed by atoms with E-state index in [9.17, 15) is 4.79 Å². The number of hydrogen-bond acceptors (Lipinski definition) is 3. The number of likely N-dealkylation sites (tertiary alicyclic amines) is 1. The van der Waals surface area contributed by atoms with Crippen molar-refractivity contribution in [3.8, 4) is 0 Å². The first-order chi connectivity index (χ1) is 6.70. The first-order valence-corrected chi connectivity index (χ1v) is 5.09. The molecular formula is C10H18N2O2. The van der Waals surface area contributed by atoms with Gasteiger partial charge in [-0.1, -0.05) is 19.4 Å². The largest absolute Gasteiger partial charge is 0.480 e. The Hall–Kier alpha value is -1.19. The van der Waals surface area contributed by atoms with Crippen LogP contribution in [0.15, 0.2) is 12.4 Å². The highest BCUT2D eigenvalue weighted by Crippen LogP contribution is 2.11. The molecule has 0 aliphatic carbocycles. The van der Waals surface area contributed by atoms with Crippen LogP contribution in [0.4, 0.5) is 0 Å². The number of aliphatic carboxylic acids is 1. The van der Waals surface area contributed by atoms with E-state index in [0.717, 1.165) is 18.9 Å². The lowest BCUT2D eigenvalue weighted by atomic mass is 10.2. The summed E-state index contributed by atoms with van der Waals surface area (Å²) in [5.41, 5.74) is 0. The van der Waals surface area contributed by atoms with Crippen LogP contribution in [-0.4, -0.2) is 35.6 Å². The zero-order chi connectivity index (χ0) is 10.4. The van der Waals surface area contributed by atoms with Gasteiger partial charge in [0, 0.05) is 13.1 Å². The van der Waals surface area contributed by atoms with Crippen molar-refractivity contribution in [2.24, 2.45) is 0 Å². The lowest BCUT2D eigenvalue weighted by Crippen LogP contribution is -2.34. The second-order valence-electron chi connectivity index (χ2n) is 3.60. The fourth-order valence-corrected chi connectivity index (χ4v) is 1.63. The van der Waals surface area contributed by atoms with E-state index in [1.807, 2.05) is 0 Å². The summed E-state index contributed by atoms with van der Waals surface area (Å²) in [6, 6.07) is 0. The van der Waals surface area contributed by atoms with Crippen molar-refractivity contribution in [3.63, 3.8) is 0 Å². The van der Waals surface area contributed by atoms with E-state index in [4.69, 9.17) is 5.11 Å². The highest BCUT2D eigenvalue weighted by atomic mass is 16.4. The van der Waals surface area contributed by atoms with Gasteiger partial charge in [-0.05, 0) is 12.8 Å². The zero-order valence-electron chi connectivity index (χ0n) is 8.46. The zero-order valence-corrected chi connectivity index (χ0v) is 8.46. The molecule has 1 rings (SSSR count). The molecule has 0 bridgehead atoms. The van der Waals surface area contributed by atoms with E-state index in [2.05, 4.69) is 16.8 Å². The molecule has 2 N–H and O–H groups in total. The maximum atomic E-state index is 10.3. The molecule has 1 fully saturated rings. The van der Waals surface area contributed by atoms with Gasteiger partial charge in [0.15, 0.2) is 0 Å². The van der Waals surface area contributed by atoms with Crippen molar-refractivity contribution in [2.75, 3.05) is 19.6 Å². The maximum Gasteiger partial charge on any atom is 0.322 e. The van der Waals surface area contributed by atoms with E-state index in [1.165, 1.54) is 25.7 Å². The average molecular weight is 198 g/mol. The summed E-state index contributed by atoms with van der Waals surface area (Å²) < 4.78 is 0. The molecule has 1 heterocycles. The molecule has 1 aliphatic rings. The average Bonchev–Trinajstić information content (AvgIpc) is 2.42. The monoisotopic (exact) mass is 198 g/mol. The first-order valence-electron chi connectivity index (χ1n) is 5.09. The summed E-state index contributed by atoms with van der Waals surface area (Å²) in [6.07, 6.45) is 4.88. The fraction of sp³-hybridized carbons (Fsp3) is 0.700. The van der Waals surface area contributed by atoms with Crippen LogP contribution in [0.25, 0.3) is 0 Å². The minimum absolute atomic E-state index is 0.0463. The molecule has 4 heteroatoms. The summed E-state index contributed by atoms with van der Waals surface area (Å²) in [7, 11) is 0. The van der Waals surface area contributed by atoms with Gasteiger partial charge in [-0.3, -0.25) is 4.79 Å². The van der Waals surface area contributed by atoms with Crippen LogP contribution >= 0.6 is 0 Å². The lowest BCUT2D eigenvalue weighted by Gasteiger charge is -2.24. The SMILES string of the molecule is C=C(NCC(=O)O)N1CCCCCC1. The second-order valence-corrected chi connectivity index (χ2v) is 3.60. The molecule has 1 saturated heterocycles. The number of carboxylic acids is 1. The van der Waals surface area contributed by atoms with E-state index >= 15 is 0 Å². The van der Waals surface area contributed by atoms with Gasteiger partial charge in [-0.25, -0.2) is 0 Å². The van der Waals surface area contributed by atoms with Gasteiger partial charge in [0.2, 0.25) is 0 Å². The van der Waals surface area contributed by atoms with Gasteiger partial charge >= 0.3 is 5.97 Å². The number of carbonyl (C=O) groups is 1. The first kappa shape index (κ1) is 10.9. The van der Waals surface area contributed by atoms with Crippen LogP contribution in [0.2, 0.25) is 0 Å². The van der Waals surface area contributed by atoms with Crippen LogP contribution in [0.5, 0.6) is 0 Å².